The maximum Gasteiger partial charge on any atom is 0.119 e. The Labute approximate surface area is 78.3 Å². The van der Waals surface area contributed by atoms with Crippen LogP contribution in [0.4, 0.5) is 0 Å². The van der Waals surface area contributed by atoms with E-state index in [1.165, 1.54) is 11.1 Å². The number of hydrogen-bond acceptors (Lipinski definition) is 1. The van der Waals surface area contributed by atoms with Crippen molar-refractivity contribution in [2.24, 2.45) is 0 Å². The summed E-state index contributed by atoms with van der Waals surface area (Å²) in [6, 6.07) is 6.13. The van der Waals surface area contributed by atoms with Gasteiger partial charge in [0, 0.05) is 0 Å². The highest BCUT2D eigenvalue weighted by atomic mass is 16.5. The predicted molar refractivity (Wildman–Crippen MR) is 55.7 cm³/mol. The molecule has 0 atom stereocenters. The highest BCUT2D eigenvalue weighted by molar-refractivity contribution is 5.68. The van der Waals surface area contributed by atoms with E-state index in [1.807, 2.05) is 6.07 Å². The molecule has 1 aromatic carbocycles. The molecule has 0 unspecified atom stereocenters. The van der Waals surface area contributed by atoms with Crippen molar-refractivity contribution in [1.29, 1.82) is 0 Å². The Kier molecular flexibility index (Phi) is 2.17. The van der Waals surface area contributed by atoms with Gasteiger partial charge < -0.3 is 4.74 Å². The van der Waals surface area contributed by atoms with Gasteiger partial charge in [0.1, 0.15) is 5.75 Å². The molecular weight excluding hydrogens is 160 g/mol. The van der Waals surface area contributed by atoms with Crippen LogP contribution in [0.5, 0.6) is 5.75 Å². The molecule has 0 saturated carbocycles. The summed E-state index contributed by atoms with van der Waals surface area (Å²) in [6.07, 6.45) is 9.61. The summed E-state index contributed by atoms with van der Waals surface area (Å²) in [6.45, 7) is 0. The van der Waals surface area contributed by atoms with Crippen LogP contribution in [-0.2, 0) is 0 Å². The lowest BCUT2D eigenvalue weighted by Gasteiger charge is -2.03. The second-order valence-corrected chi connectivity index (χ2v) is 3.04. The molecule has 0 aliphatic heterocycles. The van der Waals surface area contributed by atoms with E-state index >= 15 is 0 Å². The molecule has 0 spiro atoms. The number of methoxy groups -OCH3 is 1. The summed E-state index contributed by atoms with van der Waals surface area (Å²) in [5.74, 6) is 0.915. The Morgan fingerprint density at radius 3 is 2.62 bits per heavy atom. The summed E-state index contributed by atoms with van der Waals surface area (Å²) in [4.78, 5) is 0. The van der Waals surface area contributed by atoms with E-state index in [1.54, 1.807) is 7.11 Å². The zero-order valence-electron chi connectivity index (χ0n) is 7.66. The van der Waals surface area contributed by atoms with Crippen LogP contribution in [0.2, 0.25) is 0 Å². The van der Waals surface area contributed by atoms with Crippen molar-refractivity contribution in [3.63, 3.8) is 0 Å². The molecule has 1 aliphatic carbocycles. The SMILES string of the molecule is COc1ccc2c(c1)C=CCC=C2. The minimum Gasteiger partial charge on any atom is -0.497 e. The standard InChI is InChI=1S/C12H12O/c1-13-12-8-7-10-5-3-2-4-6-11(10)9-12/h3-9H,2H2,1H3. The van der Waals surface area contributed by atoms with E-state index < -0.39 is 0 Å². The zero-order valence-corrected chi connectivity index (χ0v) is 7.66. The lowest BCUT2D eigenvalue weighted by molar-refractivity contribution is 0.414. The van der Waals surface area contributed by atoms with Gasteiger partial charge in [-0.05, 0) is 29.7 Å². The second-order valence-electron chi connectivity index (χ2n) is 3.04. The first-order valence-corrected chi connectivity index (χ1v) is 4.41. The van der Waals surface area contributed by atoms with Crippen LogP contribution in [0.15, 0.2) is 30.4 Å². The molecule has 0 aromatic heterocycles. The first-order chi connectivity index (χ1) is 6.40. The highest BCUT2D eigenvalue weighted by Crippen LogP contribution is 2.22. The molecule has 0 fully saturated rings. The molecule has 2 rings (SSSR count). The molecule has 1 heteroatoms. The number of rotatable bonds is 1. The van der Waals surface area contributed by atoms with E-state index in [9.17, 15) is 0 Å². The molecule has 66 valence electrons. The molecule has 0 heterocycles. The van der Waals surface area contributed by atoms with Crippen LogP contribution < -0.4 is 4.74 Å². The van der Waals surface area contributed by atoms with Crippen molar-refractivity contribution in [2.75, 3.05) is 7.11 Å². The Morgan fingerprint density at radius 2 is 1.85 bits per heavy atom. The number of hydrogen-bond donors (Lipinski definition) is 0. The Hall–Kier alpha value is -1.50. The fourth-order valence-corrected chi connectivity index (χ4v) is 1.44. The second kappa shape index (κ2) is 3.48. The fourth-order valence-electron chi connectivity index (χ4n) is 1.44. The average Bonchev–Trinajstić information content (AvgIpc) is 2.41. The van der Waals surface area contributed by atoms with Crippen LogP contribution in [0, 0.1) is 0 Å². The number of allylic oxidation sites excluding steroid dienone is 2. The Bertz CT molecular complexity index is 361. The summed E-state index contributed by atoms with van der Waals surface area (Å²) in [7, 11) is 1.69. The van der Waals surface area contributed by atoms with Crippen LogP contribution in [-0.4, -0.2) is 7.11 Å². The van der Waals surface area contributed by atoms with Gasteiger partial charge in [0.25, 0.3) is 0 Å². The van der Waals surface area contributed by atoms with Crippen molar-refractivity contribution in [1.82, 2.24) is 0 Å². The summed E-state index contributed by atoms with van der Waals surface area (Å²) >= 11 is 0. The maximum atomic E-state index is 5.16. The molecule has 0 amide bonds. The third-order valence-electron chi connectivity index (χ3n) is 2.16. The van der Waals surface area contributed by atoms with Crippen molar-refractivity contribution >= 4 is 12.2 Å². The smallest absolute Gasteiger partial charge is 0.119 e. The first kappa shape index (κ1) is 8.11. The van der Waals surface area contributed by atoms with Gasteiger partial charge in [0.2, 0.25) is 0 Å². The van der Waals surface area contributed by atoms with E-state index in [0.717, 1.165) is 12.2 Å². The van der Waals surface area contributed by atoms with Crippen molar-refractivity contribution in [2.45, 2.75) is 6.42 Å². The van der Waals surface area contributed by atoms with Crippen LogP contribution in [0.25, 0.3) is 12.2 Å². The average molecular weight is 172 g/mol. The molecule has 0 saturated heterocycles. The minimum atomic E-state index is 0.915. The molecule has 1 aliphatic rings. The molecule has 0 radical (unpaired) electrons. The van der Waals surface area contributed by atoms with Crippen molar-refractivity contribution < 1.29 is 4.74 Å². The van der Waals surface area contributed by atoms with E-state index in [0.29, 0.717) is 0 Å². The fraction of sp³-hybridized carbons (Fsp3) is 0.167. The van der Waals surface area contributed by atoms with Gasteiger partial charge in [0.15, 0.2) is 0 Å². The lowest BCUT2D eigenvalue weighted by Crippen LogP contribution is -1.85. The van der Waals surface area contributed by atoms with Crippen LogP contribution in [0.3, 0.4) is 0 Å². The predicted octanol–water partition coefficient (Wildman–Crippen LogP) is 3.13. The monoisotopic (exact) mass is 172 g/mol. The minimum absolute atomic E-state index is 0.915. The summed E-state index contributed by atoms with van der Waals surface area (Å²) in [5.41, 5.74) is 2.49. The number of ether oxygens (including phenoxy) is 1. The normalized spacial score (nSPS) is 13.6. The van der Waals surface area contributed by atoms with E-state index in [-0.39, 0.29) is 0 Å². The largest absolute Gasteiger partial charge is 0.497 e. The van der Waals surface area contributed by atoms with Gasteiger partial charge in [-0.15, -0.1) is 0 Å². The highest BCUT2D eigenvalue weighted by Gasteiger charge is 2.00. The lowest BCUT2D eigenvalue weighted by atomic mass is 10.1. The van der Waals surface area contributed by atoms with Crippen molar-refractivity contribution in [3.05, 3.63) is 41.5 Å². The molecular formula is C12H12O. The quantitative estimate of drug-likeness (QED) is 0.632. The third kappa shape index (κ3) is 1.64. The van der Waals surface area contributed by atoms with Gasteiger partial charge in [-0.3, -0.25) is 0 Å². The van der Waals surface area contributed by atoms with Crippen LogP contribution >= 0.6 is 0 Å². The zero-order chi connectivity index (χ0) is 9.10. The third-order valence-corrected chi connectivity index (χ3v) is 2.16. The first-order valence-electron chi connectivity index (χ1n) is 4.41. The number of benzene rings is 1. The molecule has 13 heavy (non-hydrogen) atoms. The molecule has 1 aromatic rings. The van der Waals surface area contributed by atoms with Crippen molar-refractivity contribution in [3.8, 4) is 5.75 Å². The maximum absolute atomic E-state index is 5.16. The molecule has 0 bridgehead atoms. The van der Waals surface area contributed by atoms with Gasteiger partial charge in [-0.25, -0.2) is 0 Å². The van der Waals surface area contributed by atoms with E-state index in [4.69, 9.17) is 4.74 Å². The van der Waals surface area contributed by atoms with Crippen LogP contribution in [0.1, 0.15) is 17.5 Å². The Morgan fingerprint density at radius 1 is 1.08 bits per heavy atom. The topological polar surface area (TPSA) is 9.23 Å². The summed E-state index contributed by atoms with van der Waals surface area (Å²) < 4.78 is 5.16. The van der Waals surface area contributed by atoms with Gasteiger partial charge >= 0.3 is 0 Å². The molecule has 0 N–H and O–H groups in total. The summed E-state index contributed by atoms with van der Waals surface area (Å²) in [5, 5.41) is 0. The van der Waals surface area contributed by atoms with E-state index in [2.05, 4.69) is 36.4 Å². The van der Waals surface area contributed by atoms with Gasteiger partial charge in [-0.2, -0.15) is 0 Å². The number of fused-ring (bicyclic) bond motifs is 1. The Balaban J connectivity index is 2.50. The molecule has 1 nitrogen and oxygen atoms in total. The van der Waals surface area contributed by atoms with Gasteiger partial charge in [0.05, 0.1) is 7.11 Å². The van der Waals surface area contributed by atoms with Gasteiger partial charge in [-0.1, -0.05) is 30.4 Å².